The van der Waals surface area contributed by atoms with E-state index in [-0.39, 0.29) is 11.9 Å². The Bertz CT molecular complexity index is 819. The Morgan fingerprint density at radius 1 is 1.00 bits per heavy atom. The van der Waals surface area contributed by atoms with E-state index in [9.17, 15) is 4.79 Å². The van der Waals surface area contributed by atoms with Crippen LogP contribution < -0.4 is 24.6 Å². The van der Waals surface area contributed by atoms with E-state index in [0.29, 0.717) is 13.3 Å². The van der Waals surface area contributed by atoms with Gasteiger partial charge in [-0.2, -0.15) is 0 Å². The summed E-state index contributed by atoms with van der Waals surface area (Å²) >= 11 is 0. The predicted octanol–water partition coefficient (Wildman–Crippen LogP) is -0.554. The summed E-state index contributed by atoms with van der Waals surface area (Å²) in [6.45, 7) is 8.25. The molecule has 29 heavy (non-hydrogen) atoms. The number of rotatable bonds is 7. The van der Waals surface area contributed by atoms with Crippen LogP contribution in [0.25, 0.3) is 0 Å². The number of carbonyl (C=O) groups is 1. The number of hydrogen-bond donors (Lipinski definition) is 3. The molecule has 2 aliphatic rings. The van der Waals surface area contributed by atoms with Gasteiger partial charge in [0.2, 0.25) is 6.79 Å². The zero-order valence-corrected chi connectivity index (χ0v) is 17.1. The lowest BCUT2D eigenvalue weighted by atomic mass is 10.1. The van der Waals surface area contributed by atoms with Gasteiger partial charge in [-0.15, -0.1) is 0 Å². The zero-order valence-electron chi connectivity index (χ0n) is 17.1. The van der Waals surface area contributed by atoms with Crippen LogP contribution in [0, 0.1) is 0 Å². The van der Waals surface area contributed by atoms with Crippen molar-refractivity contribution in [3.05, 3.63) is 59.7 Å². The number of carbonyl (C=O) groups excluding carboxylic acids is 1. The van der Waals surface area contributed by atoms with Gasteiger partial charge < -0.3 is 24.6 Å². The third-order valence-electron chi connectivity index (χ3n) is 6.05. The van der Waals surface area contributed by atoms with Crippen molar-refractivity contribution in [2.75, 3.05) is 39.5 Å². The summed E-state index contributed by atoms with van der Waals surface area (Å²) in [5, 5.41) is 3.11. The topological polar surface area (TPSA) is 56.4 Å². The SMILES string of the molecule is C[C@@H](C(=O)NCCc1ccccc1)[NH+]1CC[NH+](Cc2ccc3c(c2)OCO3)CC1. The minimum Gasteiger partial charge on any atom is -0.454 e. The average molecular weight is 398 g/mol. The first-order valence-electron chi connectivity index (χ1n) is 10.6. The van der Waals surface area contributed by atoms with Crippen molar-refractivity contribution >= 4 is 5.91 Å². The molecule has 0 saturated carbocycles. The van der Waals surface area contributed by atoms with Crippen molar-refractivity contribution in [2.24, 2.45) is 0 Å². The number of quaternary nitrogens is 2. The first-order chi connectivity index (χ1) is 14.2. The summed E-state index contributed by atoms with van der Waals surface area (Å²) in [5.41, 5.74) is 2.54. The zero-order chi connectivity index (χ0) is 20.1. The molecule has 6 heteroatoms. The van der Waals surface area contributed by atoms with Crippen LogP contribution in [0.15, 0.2) is 48.5 Å². The Morgan fingerprint density at radius 2 is 1.76 bits per heavy atom. The number of piperazine rings is 1. The first kappa shape index (κ1) is 19.7. The maximum atomic E-state index is 12.5. The standard InChI is InChI=1S/C23H29N3O3/c1-18(23(27)24-10-9-19-5-3-2-4-6-19)26-13-11-25(12-14-26)16-20-7-8-21-22(15-20)29-17-28-21/h2-8,15,18H,9-14,16-17H2,1H3,(H,24,27)/p+2/t18-/m0/s1. The van der Waals surface area contributed by atoms with Crippen molar-refractivity contribution in [2.45, 2.75) is 25.9 Å². The van der Waals surface area contributed by atoms with Crippen LogP contribution in [0.5, 0.6) is 11.5 Å². The molecule has 0 aromatic heterocycles. The molecular weight excluding hydrogens is 366 g/mol. The molecule has 2 aromatic carbocycles. The van der Waals surface area contributed by atoms with Gasteiger partial charge in [0.1, 0.15) is 32.7 Å². The highest BCUT2D eigenvalue weighted by Crippen LogP contribution is 2.32. The van der Waals surface area contributed by atoms with E-state index in [1.165, 1.54) is 16.0 Å². The van der Waals surface area contributed by atoms with E-state index < -0.39 is 0 Å². The van der Waals surface area contributed by atoms with Gasteiger partial charge in [-0.1, -0.05) is 30.3 Å². The summed E-state index contributed by atoms with van der Waals surface area (Å²) in [6, 6.07) is 16.5. The molecule has 0 unspecified atom stereocenters. The van der Waals surface area contributed by atoms with Crippen LogP contribution in [0.3, 0.4) is 0 Å². The number of benzene rings is 2. The molecule has 3 N–H and O–H groups in total. The molecule has 2 aromatic rings. The second kappa shape index (κ2) is 9.29. The molecule has 1 atom stereocenters. The molecule has 4 rings (SSSR count). The Kier molecular flexibility index (Phi) is 6.32. The molecule has 2 aliphatic heterocycles. The van der Waals surface area contributed by atoms with E-state index in [4.69, 9.17) is 9.47 Å². The van der Waals surface area contributed by atoms with Gasteiger partial charge in [-0.3, -0.25) is 4.79 Å². The third-order valence-corrected chi connectivity index (χ3v) is 6.05. The number of amides is 1. The molecule has 0 radical (unpaired) electrons. The summed E-state index contributed by atoms with van der Waals surface area (Å²) < 4.78 is 10.9. The first-order valence-corrected chi connectivity index (χ1v) is 10.6. The lowest BCUT2D eigenvalue weighted by Gasteiger charge is -2.32. The van der Waals surface area contributed by atoms with E-state index in [1.54, 1.807) is 4.90 Å². The lowest BCUT2D eigenvalue weighted by molar-refractivity contribution is -1.02. The van der Waals surface area contributed by atoms with Gasteiger partial charge in [-0.05, 0) is 37.1 Å². The fraction of sp³-hybridized carbons (Fsp3) is 0.435. The van der Waals surface area contributed by atoms with E-state index >= 15 is 0 Å². The van der Waals surface area contributed by atoms with Crippen molar-refractivity contribution < 1.29 is 24.1 Å². The maximum absolute atomic E-state index is 12.5. The molecule has 0 spiro atoms. The number of fused-ring (bicyclic) bond motifs is 1. The molecule has 0 bridgehead atoms. The normalized spacial score (nSPS) is 21.6. The minimum atomic E-state index is -0.00198. The van der Waals surface area contributed by atoms with Gasteiger partial charge in [0.05, 0.1) is 0 Å². The third kappa shape index (κ3) is 5.08. The second-order valence-electron chi connectivity index (χ2n) is 8.02. The summed E-state index contributed by atoms with van der Waals surface area (Å²) in [5.74, 6) is 1.85. The smallest absolute Gasteiger partial charge is 0.278 e. The fourth-order valence-electron chi connectivity index (χ4n) is 4.19. The van der Waals surface area contributed by atoms with Crippen LogP contribution in [0.4, 0.5) is 0 Å². The van der Waals surface area contributed by atoms with E-state index in [0.717, 1.165) is 50.6 Å². The summed E-state index contributed by atoms with van der Waals surface area (Å²) in [7, 11) is 0. The van der Waals surface area contributed by atoms with Gasteiger partial charge in [0.25, 0.3) is 5.91 Å². The van der Waals surface area contributed by atoms with Crippen LogP contribution in [-0.2, 0) is 17.8 Å². The van der Waals surface area contributed by atoms with Gasteiger partial charge in [0, 0.05) is 12.1 Å². The number of nitrogens with one attached hydrogen (secondary N) is 3. The maximum Gasteiger partial charge on any atom is 0.278 e. The van der Waals surface area contributed by atoms with Crippen LogP contribution in [0.1, 0.15) is 18.1 Å². The van der Waals surface area contributed by atoms with E-state index in [2.05, 4.69) is 36.5 Å². The molecule has 2 heterocycles. The van der Waals surface area contributed by atoms with Crippen LogP contribution in [-0.4, -0.2) is 51.5 Å². The highest BCUT2D eigenvalue weighted by molar-refractivity contribution is 5.79. The van der Waals surface area contributed by atoms with Crippen LogP contribution >= 0.6 is 0 Å². The molecule has 1 fully saturated rings. The van der Waals surface area contributed by atoms with Gasteiger partial charge >= 0.3 is 0 Å². The molecule has 154 valence electrons. The van der Waals surface area contributed by atoms with Crippen molar-refractivity contribution in [3.63, 3.8) is 0 Å². The Morgan fingerprint density at radius 3 is 2.55 bits per heavy atom. The van der Waals surface area contributed by atoms with Gasteiger partial charge in [-0.25, -0.2) is 0 Å². The number of ether oxygens (including phenoxy) is 2. The van der Waals surface area contributed by atoms with Gasteiger partial charge in [0.15, 0.2) is 17.5 Å². The van der Waals surface area contributed by atoms with E-state index in [1.807, 2.05) is 24.3 Å². The lowest BCUT2D eigenvalue weighted by Crippen LogP contribution is -3.29. The Labute approximate surface area is 172 Å². The van der Waals surface area contributed by atoms with Crippen molar-refractivity contribution in [1.82, 2.24) is 5.32 Å². The summed E-state index contributed by atoms with van der Waals surface area (Å²) in [4.78, 5) is 15.5. The van der Waals surface area contributed by atoms with Crippen molar-refractivity contribution in [3.8, 4) is 11.5 Å². The molecule has 0 aliphatic carbocycles. The molecule has 1 amide bonds. The molecular formula is C23H31N3O3+2. The monoisotopic (exact) mass is 397 g/mol. The number of hydrogen-bond acceptors (Lipinski definition) is 3. The highest BCUT2D eigenvalue weighted by Gasteiger charge is 2.31. The average Bonchev–Trinajstić information content (AvgIpc) is 3.22. The Hall–Kier alpha value is -2.57. The molecule has 6 nitrogen and oxygen atoms in total. The minimum absolute atomic E-state index is 0.00198. The van der Waals surface area contributed by atoms with Crippen molar-refractivity contribution in [1.29, 1.82) is 0 Å². The van der Waals surface area contributed by atoms with Crippen LogP contribution in [0.2, 0.25) is 0 Å². The highest BCUT2D eigenvalue weighted by atomic mass is 16.7. The largest absolute Gasteiger partial charge is 0.454 e. The predicted molar refractivity (Wildman–Crippen MR) is 110 cm³/mol. The summed E-state index contributed by atoms with van der Waals surface area (Å²) in [6.07, 6.45) is 0.877. The molecule has 1 saturated heterocycles. The quantitative estimate of drug-likeness (QED) is 0.588. The fourth-order valence-corrected chi connectivity index (χ4v) is 4.19. The Balaban J connectivity index is 1.20. The second-order valence-corrected chi connectivity index (χ2v) is 8.02.